The van der Waals surface area contributed by atoms with Gasteiger partial charge >= 0.3 is 0 Å². The summed E-state index contributed by atoms with van der Waals surface area (Å²) in [5.41, 5.74) is 7.13. The zero-order valence-electron chi connectivity index (χ0n) is 27.4. The molecule has 0 aromatic heterocycles. The van der Waals surface area contributed by atoms with Crippen LogP contribution in [0, 0.1) is 0 Å². The number of benzene rings is 4. The highest BCUT2D eigenvalue weighted by atomic mass is 32.2. The Morgan fingerprint density at radius 3 is 1.87 bits per heavy atom. The Morgan fingerprint density at radius 1 is 0.660 bits per heavy atom. The van der Waals surface area contributed by atoms with E-state index in [2.05, 4.69) is 96.1 Å². The molecule has 0 N–H and O–H groups in total. The maximum absolute atomic E-state index is 12.5. The van der Waals surface area contributed by atoms with Gasteiger partial charge in [-0.1, -0.05) is 99.8 Å². The first-order valence-electron chi connectivity index (χ1n) is 16.7. The molecule has 0 amide bonds. The molecule has 0 aliphatic heterocycles. The van der Waals surface area contributed by atoms with Crippen LogP contribution in [0.5, 0.6) is 0 Å². The minimum Gasteiger partial charge on any atom is -0.744 e. The number of unbranched alkanes of at least 4 members (excludes halogenated alkanes) is 4. The maximum atomic E-state index is 12.5. The summed E-state index contributed by atoms with van der Waals surface area (Å²) in [6.45, 7) is 6.19. The van der Waals surface area contributed by atoms with Gasteiger partial charge in [0.25, 0.3) is 0 Å². The van der Waals surface area contributed by atoms with Crippen molar-refractivity contribution in [2.24, 2.45) is 0 Å². The fourth-order valence-electron chi connectivity index (χ4n) is 6.06. The fraction of sp³-hybridized carbons (Fsp3) is 0.244. The lowest BCUT2D eigenvalue weighted by Gasteiger charge is -2.26. The number of nitrogens with zero attached hydrogens (tertiary/aromatic N) is 2. The van der Waals surface area contributed by atoms with Crippen molar-refractivity contribution in [3.8, 4) is 0 Å². The highest BCUT2D eigenvalue weighted by Gasteiger charge is 2.21. The Morgan fingerprint density at radius 2 is 1.23 bits per heavy atom. The van der Waals surface area contributed by atoms with Crippen molar-refractivity contribution in [3.05, 3.63) is 150 Å². The largest absolute Gasteiger partial charge is 0.744 e. The number of hydrogen-bond donors (Lipinski definition) is 0. The van der Waals surface area contributed by atoms with Crippen LogP contribution in [0.15, 0.2) is 144 Å². The monoisotopic (exact) mass is 644 g/mol. The lowest BCUT2D eigenvalue weighted by atomic mass is 9.90. The molecule has 242 valence electrons. The Bertz CT molecular complexity index is 1840. The van der Waals surface area contributed by atoms with Crippen molar-refractivity contribution in [2.75, 3.05) is 18.0 Å². The summed E-state index contributed by atoms with van der Waals surface area (Å²) >= 11 is 0. The van der Waals surface area contributed by atoms with E-state index < -0.39 is 10.1 Å². The van der Waals surface area contributed by atoms with Gasteiger partial charge in [-0.2, -0.15) is 4.58 Å². The standard InChI is InChI=1S/C41H44N2O3S/c1-3-5-15-31-42(35-17-9-7-10-18-35)37-27-23-33(24-28-37)41(39-21-13-14-22-40(39)47(44,45)46)34-25-29-38(30-26-34)43(32-16-6-4-2)36-19-11-8-12-20-36/h7-14,17-30H,3-6,15-16,31-32H2,1-2H3. The fourth-order valence-corrected chi connectivity index (χ4v) is 6.74. The summed E-state index contributed by atoms with van der Waals surface area (Å²) < 4.78 is 39.8. The summed E-state index contributed by atoms with van der Waals surface area (Å²) in [4.78, 5) is 2.10. The van der Waals surface area contributed by atoms with Gasteiger partial charge in [-0.15, -0.1) is 0 Å². The minimum absolute atomic E-state index is 0.223. The molecule has 1 aliphatic rings. The molecule has 0 spiro atoms. The van der Waals surface area contributed by atoms with Crippen molar-refractivity contribution in [1.82, 2.24) is 0 Å². The highest BCUT2D eigenvalue weighted by molar-refractivity contribution is 7.85. The van der Waals surface area contributed by atoms with Gasteiger partial charge < -0.3 is 9.45 Å². The van der Waals surface area contributed by atoms with Crippen LogP contribution in [0.1, 0.15) is 63.5 Å². The quantitative estimate of drug-likeness (QED) is 0.0779. The molecule has 47 heavy (non-hydrogen) atoms. The Labute approximate surface area is 280 Å². The van der Waals surface area contributed by atoms with E-state index in [0.717, 1.165) is 85.5 Å². The molecule has 0 saturated heterocycles. The van der Waals surface area contributed by atoms with E-state index in [1.165, 1.54) is 6.07 Å². The lowest BCUT2D eigenvalue weighted by Crippen LogP contribution is -2.18. The minimum atomic E-state index is -4.72. The van der Waals surface area contributed by atoms with Crippen molar-refractivity contribution in [1.29, 1.82) is 0 Å². The zero-order chi connectivity index (χ0) is 33.1. The molecule has 0 heterocycles. The average Bonchev–Trinajstić information content (AvgIpc) is 3.10. The molecule has 0 saturated carbocycles. The summed E-state index contributed by atoms with van der Waals surface area (Å²) in [6, 6.07) is 35.5. The van der Waals surface area contributed by atoms with Crippen molar-refractivity contribution in [3.63, 3.8) is 0 Å². The van der Waals surface area contributed by atoms with Crippen LogP contribution in [0.4, 0.5) is 17.1 Å². The van der Waals surface area contributed by atoms with Crippen LogP contribution < -0.4 is 4.90 Å². The number of allylic oxidation sites excluding steroid dienone is 5. The SMILES string of the molecule is CCCCCN(c1ccccc1)c1ccc(C(=C2C=CC(=[N+](CCCCC)c3ccccc3)C=C2)c2ccccc2S(=O)(=O)[O-])cc1. The van der Waals surface area contributed by atoms with Crippen LogP contribution in [0.25, 0.3) is 5.57 Å². The predicted octanol–water partition coefficient (Wildman–Crippen LogP) is 9.82. The van der Waals surface area contributed by atoms with Gasteiger partial charge in [-0.3, -0.25) is 0 Å². The molecular weight excluding hydrogens is 601 g/mol. The Balaban J connectivity index is 1.61. The summed E-state index contributed by atoms with van der Waals surface area (Å²) in [5.74, 6) is 0. The van der Waals surface area contributed by atoms with Crippen LogP contribution in [0.2, 0.25) is 0 Å². The van der Waals surface area contributed by atoms with E-state index in [1.54, 1.807) is 18.2 Å². The van der Waals surface area contributed by atoms with E-state index in [-0.39, 0.29) is 4.90 Å². The van der Waals surface area contributed by atoms with E-state index in [9.17, 15) is 13.0 Å². The first kappa shape index (κ1) is 33.8. The smallest absolute Gasteiger partial charge is 0.205 e. The van der Waals surface area contributed by atoms with E-state index >= 15 is 0 Å². The first-order chi connectivity index (χ1) is 22.9. The van der Waals surface area contributed by atoms with Crippen molar-refractivity contribution >= 4 is 38.5 Å². The van der Waals surface area contributed by atoms with Gasteiger partial charge in [0.05, 0.1) is 4.90 Å². The number of rotatable bonds is 14. The summed E-state index contributed by atoms with van der Waals surface area (Å²) in [7, 11) is -4.72. The van der Waals surface area contributed by atoms with E-state index in [4.69, 9.17) is 0 Å². The Hall–Kier alpha value is -4.52. The molecular formula is C41H44N2O3S. The lowest BCUT2D eigenvalue weighted by molar-refractivity contribution is -0.439. The van der Waals surface area contributed by atoms with E-state index in [0.29, 0.717) is 11.1 Å². The zero-order valence-corrected chi connectivity index (χ0v) is 28.2. The topological polar surface area (TPSA) is 63.5 Å². The highest BCUT2D eigenvalue weighted by Crippen LogP contribution is 2.35. The second-order valence-corrected chi connectivity index (χ2v) is 13.2. The molecule has 0 radical (unpaired) electrons. The van der Waals surface area contributed by atoms with Crippen molar-refractivity contribution in [2.45, 2.75) is 57.3 Å². The van der Waals surface area contributed by atoms with Crippen molar-refractivity contribution < 1.29 is 17.5 Å². The number of hydrogen-bond acceptors (Lipinski definition) is 4. The van der Waals surface area contributed by atoms with Gasteiger partial charge in [0, 0.05) is 54.2 Å². The normalized spacial score (nSPS) is 12.7. The molecule has 4 aromatic rings. The molecule has 0 bridgehead atoms. The summed E-state index contributed by atoms with van der Waals surface area (Å²) in [5, 5.41) is 0. The third-order valence-electron chi connectivity index (χ3n) is 8.47. The van der Waals surface area contributed by atoms with Gasteiger partial charge in [-0.05, 0) is 72.0 Å². The molecule has 1 aliphatic carbocycles. The molecule has 4 aromatic carbocycles. The Kier molecular flexibility index (Phi) is 11.8. The first-order valence-corrected chi connectivity index (χ1v) is 18.1. The van der Waals surface area contributed by atoms with Gasteiger partial charge in [-0.25, -0.2) is 8.42 Å². The second kappa shape index (κ2) is 16.3. The molecule has 5 nitrogen and oxygen atoms in total. The maximum Gasteiger partial charge on any atom is 0.205 e. The molecule has 0 atom stereocenters. The molecule has 5 rings (SSSR count). The van der Waals surface area contributed by atoms with Gasteiger partial charge in [0.15, 0.2) is 0 Å². The van der Waals surface area contributed by atoms with Crippen LogP contribution in [0.3, 0.4) is 0 Å². The van der Waals surface area contributed by atoms with Crippen LogP contribution >= 0.6 is 0 Å². The third kappa shape index (κ3) is 8.64. The van der Waals surface area contributed by atoms with Crippen LogP contribution in [-0.2, 0) is 10.1 Å². The number of anilines is 2. The van der Waals surface area contributed by atoms with E-state index in [1.807, 2.05) is 36.4 Å². The predicted molar refractivity (Wildman–Crippen MR) is 194 cm³/mol. The molecule has 6 heteroatoms. The second-order valence-electron chi connectivity index (χ2n) is 11.8. The van der Waals surface area contributed by atoms with Gasteiger partial charge in [0.2, 0.25) is 11.4 Å². The third-order valence-corrected chi connectivity index (χ3v) is 9.36. The van der Waals surface area contributed by atoms with Crippen LogP contribution in [-0.4, -0.2) is 36.3 Å². The van der Waals surface area contributed by atoms with Gasteiger partial charge in [0.1, 0.15) is 16.7 Å². The molecule has 0 fully saturated rings. The summed E-state index contributed by atoms with van der Waals surface area (Å²) in [6.07, 6.45) is 15.0. The number of para-hydroxylation sites is 2. The average molecular weight is 645 g/mol. The molecule has 0 unspecified atom stereocenters.